The zero-order chi connectivity index (χ0) is 14.5. The Kier molecular flexibility index (Phi) is 4.68. The van der Waals surface area contributed by atoms with Gasteiger partial charge in [0.15, 0.2) is 5.13 Å². The molecule has 0 amide bonds. The summed E-state index contributed by atoms with van der Waals surface area (Å²) in [5.74, 6) is -0.581. The van der Waals surface area contributed by atoms with Crippen LogP contribution >= 0.6 is 11.3 Å². The van der Waals surface area contributed by atoms with Gasteiger partial charge in [-0.15, -0.1) is 11.3 Å². The fraction of sp³-hybridized carbons (Fsp3) is 0.286. The third-order valence-corrected chi connectivity index (χ3v) is 3.69. The molecule has 0 bridgehead atoms. The summed E-state index contributed by atoms with van der Waals surface area (Å²) in [6.45, 7) is 2.70. The van der Waals surface area contributed by atoms with Crippen LogP contribution in [0.15, 0.2) is 29.6 Å². The van der Waals surface area contributed by atoms with E-state index in [1.54, 1.807) is 12.1 Å². The van der Waals surface area contributed by atoms with Gasteiger partial charge in [-0.2, -0.15) is 0 Å². The number of methoxy groups -OCH3 is 1. The third-order valence-electron chi connectivity index (χ3n) is 2.78. The number of ether oxygens (including phenoxy) is 1. The molecule has 106 valence electrons. The minimum atomic E-state index is -0.313. The van der Waals surface area contributed by atoms with E-state index in [0.717, 1.165) is 10.8 Å². The molecule has 6 heteroatoms. The Morgan fingerprint density at radius 1 is 1.40 bits per heavy atom. The fourth-order valence-corrected chi connectivity index (χ4v) is 2.68. The van der Waals surface area contributed by atoms with E-state index in [2.05, 4.69) is 9.72 Å². The number of carbonyl (C=O) groups excluding carboxylic acids is 1. The molecular weight excluding hydrogens is 279 g/mol. The first-order valence-electron chi connectivity index (χ1n) is 6.18. The molecule has 0 aliphatic heterocycles. The van der Waals surface area contributed by atoms with Crippen molar-refractivity contribution in [3.63, 3.8) is 0 Å². The number of esters is 1. The standard InChI is InChI=1S/C14H15FN2O2S/c1-3-17(12-6-4-10(15)5-7-12)14-16-11(9-20-14)8-13(18)19-2/h4-7,9H,3,8H2,1-2H3. The highest BCUT2D eigenvalue weighted by molar-refractivity contribution is 7.13. The van der Waals surface area contributed by atoms with Crippen molar-refractivity contribution in [3.8, 4) is 0 Å². The van der Waals surface area contributed by atoms with Crippen molar-refractivity contribution in [1.29, 1.82) is 0 Å². The molecule has 0 fully saturated rings. The summed E-state index contributed by atoms with van der Waals surface area (Å²) in [5.41, 5.74) is 1.55. The lowest BCUT2D eigenvalue weighted by molar-refractivity contribution is -0.139. The van der Waals surface area contributed by atoms with E-state index in [-0.39, 0.29) is 18.2 Å². The summed E-state index contributed by atoms with van der Waals surface area (Å²) >= 11 is 1.45. The first-order chi connectivity index (χ1) is 9.63. The number of anilines is 2. The molecule has 2 aromatic rings. The number of benzene rings is 1. The van der Waals surface area contributed by atoms with Crippen molar-refractivity contribution < 1.29 is 13.9 Å². The fourth-order valence-electron chi connectivity index (χ4n) is 1.77. The van der Waals surface area contributed by atoms with Crippen LogP contribution in [0.1, 0.15) is 12.6 Å². The predicted octanol–water partition coefficient (Wildman–Crippen LogP) is 3.16. The highest BCUT2D eigenvalue weighted by Gasteiger charge is 2.13. The zero-order valence-electron chi connectivity index (χ0n) is 11.3. The molecular formula is C14H15FN2O2S. The summed E-state index contributed by atoms with van der Waals surface area (Å²) in [4.78, 5) is 17.6. The Morgan fingerprint density at radius 2 is 2.10 bits per heavy atom. The van der Waals surface area contributed by atoms with Crippen molar-refractivity contribution in [2.24, 2.45) is 0 Å². The van der Waals surface area contributed by atoms with Gasteiger partial charge in [-0.05, 0) is 31.2 Å². The van der Waals surface area contributed by atoms with E-state index in [9.17, 15) is 9.18 Å². The molecule has 0 aliphatic carbocycles. The van der Waals surface area contributed by atoms with Crippen LogP contribution < -0.4 is 4.90 Å². The van der Waals surface area contributed by atoms with Gasteiger partial charge < -0.3 is 9.64 Å². The van der Waals surface area contributed by atoms with Crippen LogP contribution in [0.2, 0.25) is 0 Å². The summed E-state index contributed by atoms with van der Waals surface area (Å²) in [6, 6.07) is 6.25. The molecule has 1 aromatic heterocycles. The Morgan fingerprint density at radius 3 is 2.70 bits per heavy atom. The second-order valence-corrected chi connectivity index (χ2v) is 4.93. The lowest BCUT2D eigenvalue weighted by atomic mass is 10.3. The van der Waals surface area contributed by atoms with Gasteiger partial charge in [0.1, 0.15) is 5.82 Å². The zero-order valence-corrected chi connectivity index (χ0v) is 12.1. The number of hydrogen-bond donors (Lipinski definition) is 0. The van der Waals surface area contributed by atoms with Crippen molar-refractivity contribution in [2.45, 2.75) is 13.3 Å². The van der Waals surface area contributed by atoms with Crippen LogP contribution in [0.4, 0.5) is 15.2 Å². The van der Waals surface area contributed by atoms with E-state index in [0.29, 0.717) is 12.2 Å². The Balaban J connectivity index is 2.19. The van der Waals surface area contributed by atoms with Crippen LogP contribution in [0.3, 0.4) is 0 Å². The molecule has 1 heterocycles. The van der Waals surface area contributed by atoms with Gasteiger partial charge in [0, 0.05) is 17.6 Å². The van der Waals surface area contributed by atoms with Gasteiger partial charge in [0.2, 0.25) is 0 Å². The number of rotatable bonds is 5. The van der Waals surface area contributed by atoms with Crippen LogP contribution in [0, 0.1) is 5.82 Å². The topological polar surface area (TPSA) is 42.4 Å². The molecule has 1 aromatic carbocycles. The van der Waals surface area contributed by atoms with Crippen LogP contribution in [0.25, 0.3) is 0 Å². The third kappa shape index (κ3) is 3.33. The van der Waals surface area contributed by atoms with Crippen molar-refractivity contribution in [3.05, 3.63) is 41.2 Å². The van der Waals surface area contributed by atoms with Gasteiger partial charge in [0.05, 0.1) is 19.2 Å². The van der Waals surface area contributed by atoms with Gasteiger partial charge in [-0.3, -0.25) is 4.79 Å². The normalized spacial score (nSPS) is 10.3. The van der Waals surface area contributed by atoms with Gasteiger partial charge in [-0.25, -0.2) is 9.37 Å². The monoisotopic (exact) mass is 294 g/mol. The lowest BCUT2D eigenvalue weighted by Crippen LogP contribution is -2.16. The molecule has 0 spiro atoms. The number of thiazole rings is 1. The molecule has 0 unspecified atom stereocenters. The maximum atomic E-state index is 13.0. The van der Waals surface area contributed by atoms with Gasteiger partial charge in [-0.1, -0.05) is 0 Å². The minimum absolute atomic E-state index is 0.161. The first kappa shape index (κ1) is 14.5. The molecule has 0 aliphatic rings. The Hall–Kier alpha value is -1.95. The Labute approximate surface area is 120 Å². The van der Waals surface area contributed by atoms with E-state index in [1.165, 1.54) is 30.6 Å². The molecule has 0 saturated carbocycles. The van der Waals surface area contributed by atoms with E-state index >= 15 is 0 Å². The maximum absolute atomic E-state index is 13.0. The summed E-state index contributed by atoms with van der Waals surface area (Å²) < 4.78 is 17.6. The lowest BCUT2D eigenvalue weighted by Gasteiger charge is -2.19. The van der Waals surface area contributed by atoms with Gasteiger partial charge in [0.25, 0.3) is 0 Å². The molecule has 20 heavy (non-hydrogen) atoms. The minimum Gasteiger partial charge on any atom is -0.469 e. The Bertz CT molecular complexity index is 583. The number of halogens is 1. The second kappa shape index (κ2) is 6.47. The average Bonchev–Trinajstić information content (AvgIpc) is 2.90. The van der Waals surface area contributed by atoms with E-state index in [1.807, 2.05) is 17.2 Å². The molecule has 2 rings (SSSR count). The molecule has 0 radical (unpaired) electrons. The maximum Gasteiger partial charge on any atom is 0.311 e. The van der Waals surface area contributed by atoms with Crippen LogP contribution in [0.5, 0.6) is 0 Å². The molecule has 0 saturated heterocycles. The van der Waals surface area contributed by atoms with E-state index < -0.39 is 0 Å². The highest BCUT2D eigenvalue weighted by Crippen LogP contribution is 2.28. The first-order valence-corrected chi connectivity index (χ1v) is 7.06. The summed E-state index contributed by atoms with van der Waals surface area (Å²) in [6.07, 6.45) is 0.161. The average molecular weight is 294 g/mol. The predicted molar refractivity (Wildman–Crippen MR) is 76.9 cm³/mol. The van der Waals surface area contributed by atoms with Crippen molar-refractivity contribution in [2.75, 3.05) is 18.6 Å². The summed E-state index contributed by atoms with van der Waals surface area (Å²) in [7, 11) is 1.35. The molecule has 0 atom stereocenters. The van der Waals surface area contributed by atoms with Crippen molar-refractivity contribution >= 4 is 28.1 Å². The van der Waals surface area contributed by atoms with Crippen LogP contribution in [-0.2, 0) is 16.0 Å². The van der Waals surface area contributed by atoms with Gasteiger partial charge >= 0.3 is 5.97 Å². The van der Waals surface area contributed by atoms with Crippen molar-refractivity contribution in [1.82, 2.24) is 4.98 Å². The number of aromatic nitrogens is 1. The van der Waals surface area contributed by atoms with E-state index in [4.69, 9.17) is 0 Å². The largest absolute Gasteiger partial charge is 0.469 e. The molecule has 0 N–H and O–H groups in total. The summed E-state index contributed by atoms with van der Waals surface area (Å²) in [5, 5.41) is 2.61. The quantitative estimate of drug-likeness (QED) is 0.794. The van der Waals surface area contributed by atoms with Crippen LogP contribution in [-0.4, -0.2) is 24.6 Å². The second-order valence-electron chi connectivity index (χ2n) is 4.10. The number of nitrogens with zero attached hydrogens (tertiary/aromatic N) is 2. The SMILES string of the molecule is CCN(c1ccc(F)cc1)c1nc(CC(=O)OC)cs1. The molecule has 4 nitrogen and oxygen atoms in total. The smallest absolute Gasteiger partial charge is 0.311 e. The highest BCUT2D eigenvalue weighted by atomic mass is 32.1. The number of carbonyl (C=O) groups is 1. The number of hydrogen-bond acceptors (Lipinski definition) is 5.